The van der Waals surface area contributed by atoms with Gasteiger partial charge < -0.3 is 4.74 Å². The highest BCUT2D eigenvalue weighted by molar-refractivity contribution is 9.10. The van der Waals surface area contributed by atoms with Crippen molar-refractivity contribution in [1.29, 1.82) is 0 Å². The number of thiophene rings is 1. The zero-order valence-corrected chi connectivity index (χ0v) is 17.2. The molecule has 0 radical (unpaired) electrons. The minimum atomic E-state index is -0.739. The molecule has 0 amide bonds. The fourth-order valence-electron chi connectivity index (χ4n) is 2.61. The van der Waals surface area contributed by atoms with E-state index in [1.807, 2.05) is 0 Å². The number of carbonyl (C=O) groups excluding carboxylic acids is 1. The molecule has 142 valence electrons. The molecule has 0 saturated carbocycles. The van der Waals surface area contributed by atoms with Crippen LogP contribution in [0, 0.1) is 5.82 Å². The fourth-order valence-corrected chi connectivity index (χ4v) is 4.12. The van der Waals surface area contributed by atoms with Crippen molar-refractivity contribution in [3.05, 3.63) is 65.3 Å². The van der Waals surface area contributed by atoms with Gasteiger partial charge in [-0.25, -0.2) is 9.18 Å². The molecule has 0 fully saturated rings. The molecular formula is C17H13BrClFN2O4S. The topological polar surface area (TPSA) is 70.3 Å². The van der Waals surface area contributed by atoms with Crippen molar-refractivity contribution >= 4 is 55.1 Å². The van der Waals surface area contributed by atoms with Crippen molar-refractivity contribution in [2.45, 2.75) is 20.0 Å². The Labute approximate surface area is 169 Å². The molecule has 2 heterocycles. The number of carbonyl (C=O) groups is 1. The Morgan fingerprint density at radius 3 is 2.70 bits per heavy atom. The van der Waals surface area contributed by atoms with Crippen LogP contribution in [0.4, 0.5) is 4.39 Å². The van der Waals surface area contributed by atoms with Crippen LogP contribution in [0.1, 0.15) is 12.5 Å². The Balaban J connectivity index is 2.19. The quantitative estimate of drug-likeness (QED) is 0.531. The number of aromatic nitrogens is 2. The Hall–Kier alpha value is -1.97. The highest BCUT2D eigenvalue weighted by Gasteiger charge is 2.19. The molecule has 0 aliphatic heterocycles. The van der Waals surface area contributed by atoms with Crippen molar-refractivity contribution in [1.82, 2.24) is 9.13 Å². The lowest BCUT2D eigenvalue weighted by Crippen LogP contribution is -2.41. The molecule has 0 atom stereocenters. The average Bonchev–Trinajstić information content (AvgIpc) is 2.99. The predicted molar refractivity (Wildman–Crippen MR) is 105 cm³/mol. The number of hydrogen-bond donors (Lipinski definition) is 0. The summed E-state index contributed by atoms with van der Waals surface area (Å²) in [5, 5.41) is 0. The van der Waals surface area contributed by atoms with E-state index in [1.54, 1.807) is 13.0 Å². The van der Waals surface area contributed by atoms with Crippen LogP contribution in [0.5, 0.6) is 0 Å². The van der Waals surface area contributed by atoms with Gasteiger partial charge in [0.2, 0.25) is 0 Å². The van der Waals surface area contributed by atoms with Crippen LogP contribution in [0.15, 0.2) is 38.3 Å². The van der Waals surface area contributed by atoms with E-state index < -0.39 is 23.0 Å². The van der Waals surface area contributed by atoms with Crippen molar-refractivity contribution in [2.75, 3.05) is 6.61 Å². The summed E-state index contributed by atoms with van der Waals surface area (Å²) >= 11 is 10.2. The second kappa shape index (κ2) is 7.95. The largest absolute Gasteiger partial charge is 0.465 e. The maximum atomic E-state index is 14.2. The third-order valence-corrected chi connectivity index (χ3v) is 5.55. The van der Waals surface area contributed by atoms with E-state index in [4.69, 9.17) is 16.3 Å². The first-order valence-corrected chi connectivity index (χ1v) is 9.82. The van der Waals surface area contributed by atoms with E-state index in [2.05, 4.69) is 15.9 Å². The number of hydrogen-bond acceptors (Lipinski definition) is 5. The summed E-state index contributed by atoms with van der Waals surface area (Å²) in [7, 11) is 0. The number of fused-ring (bicyclic) bond motifs is 1. The molecule has 0 aliphatic rings. The molecule has 0 aliphatic carbocycles. The number of ether oxygens (including phenoxy) is 1. The minimum Gasteiger partial charge on any atom is -0.465 e. The lowest BCUT2D eigenvalue weighted by Gasteiger charge is -2.12. The summed E-state index contributed by atoms with van der Waals surface area (Å²) < 4.78 is 22.1. The molecule has 0 spiro atoms. The zero-order chi connectivity index (χ0) is 19.7. The monoisotopic (exact) mass is 474 g/mol. The van der Waals surface area contributed by atoms with Crippen molar-refractivity contribution in [3.63, 3.8) is 0 Å². The summed E-state index contributed by atoms with van der Waals surface area (Å²) in [6.07, 6.45) is 0. The summed E-state index contributed by atoms with van der Waals surface area (Å²) in [5.74, 6) is -1.18. The van der Waals surface area contributed by atoms with E-state index in [-0.39, 0.29) is 35.5 Å². The van der Waals surface area contributed by atoms with Gasteiger partial charge in [0.05, 0.1) is 23.0 Å². The van der Waals surface area contributed by atoms with Gasteiger partial charge in [-0.05, 0) is 25.1 Å². The smallest absolute Gasteiger partial charge is 0.332 e. The van der Waals surface area contributed by atoms with Crippen LogP contribution in [0.3, 0.4) is 0 Å². The van der Waals surface area contributed by atoms with Crippen LogP contribution < -0.4 is 11.2 Å². The molecule has 3 aromatic rings. The zero-order valence-electron chi connectivity index (χ0n) is 14.0. The van der Waals surface area contributed by atoms with Gasteiger partial charge >= 0.3 is 11.7 Å². The second-order valence-corrected chi connectivity index (χ2v) is 8.16. The van der Waals surface area contributed by atoms with Gasteiger partial charge in [-0.2, -0.15) is 0 Å². The maximum Gasteiger partial charge on any atom is 0.332 e. The molecule has 0 unspecified atom stereocenters. The number of benzene rings is 1. The molecular weight excluding hydrogens is 463 g/mol. The van der Waals surface area contributed by atoms with E-state index in [0.717, 1.165) is 20.5 Å². The molecule has 0 bridgehead atoms. The van der Waals surface area contributed by atoms with Crippen molar-refractivity contribution in [3.8, 4) is 0 Å². The minimum absolute atomic E-state index is 0.158. The highest BCUT2D eigenvalue weighted by atomic mass is 79.9. The first kappa shape index (κ1) is 19.8. The van der Waals surface area contributed by atoms with Crippen LogP contribution in [-0.4, -0.2) is 21.7 Å². The van der Waals surface area contributed by atoms with Gasteiger partial charge in [-0.15, -0.1) is 11.3 Å². The molecule has 1 aromatic carbocycles. The molecule has 27 heavy (non-hydrogen) atoms. The van der Waals surface area contributed by atoms with E-state index >= 15 is 0 Å². The molecule has 2 aromatic heterocycles. The first-order chi connectivity index (χ1) is 12.8. The van der Waals surface area contributed by atoms with Crippen molar-refractivity contribution in [2.24, 2.45) is 0 Å². The SMILES string of the molecule is CCOC(=O)Cn1c(=O)n(Cc2ccc(Br)cc2F)c(=O)c2sc(Cl)cc21. The highest BCUT2D eigenvalue weighted by Crippen LogP contribution is 2.26. The second-order valence-electron chi connectivity index (χ2n) is 5.57. The molecule has 0 saturated heterocycles. The average molecular weight is 476 g/mol. The van der Waals surface area contributed by atoms with Crippen molar-refractivity contribution < 1.29 is 13.9 Å². The van der Waals surface area contributed by atoms with E-state index in [0.29, 0.717) is 8.81 Å². The number of halogens is 3. The maximum absolute atomic E-state index is 14.2. The molecule has 0 N–H and O–H groups in total. The third kappa shape index (κ3) is 3.99. The van der Waals surface area contributed by atoms with E-state index in [1.165, 1.54) is 18.2 Å². The predicted octanol–water partition coefficient (Wildman–Crippen LogP) is 3.39. The number of nitrogens with zero attached hydrogens (tertiary/aromatic N) is 2. The lowest BCUT2D eigenvalue weighted by molar-refractivity contribution is -0.143. The summed E-state index contributed by atoms with van der Waals surface area (Å²) in [6, 6.07) is 5.79. The molecule has 6 nitrogen and oxygen atoms in total. The van der Waals surface area contributed by atoms with Crippen LogP contribution in [0.2, 0.25) is 4.34 Å². The van der Waals surface area contributed by atoms with Gasteiger partial charge in [0.15, 0.2) is 0 Å². The Bertz CT molecular complexity index is 1150. The number of esters is 1. The van der Waals surface area contributed by atoms with E-state index in [9.17, 15) is 18.8 Å². The Kier molecular flexibility index (Phi) is 5.83. The van der Waals surface area contributed by atoms with Crippen LogP contribution >= 0.6 is 38.9 Å². The first-order valence-electron chi connectivity index (χ1n) is 7.84. The van der Waals surface area contributed by atoms with Gasteiger partial charge in [0.25, 0.3) is 5.56 Å². The van der Waals surface area contributed by atoms with Gasteiger partial charge in [-0.3, -0.25) is 18.7 Å². The lowest BCUT2D eigenvalue weighted by atomic mass is 10.2. The molecule has 10 heteroatoms. The van der Waals surface area contributed by atoms with Crippen LogP contribution in [0.25, 0.3) is 10.2 Å². The standard InChI is InChI=1S/C17H13BrClFN2O4S/c1-2-26-14(23)8-21-12-6-13(19)27-15(12)16(24)22(17(21)25)7-9-3-4-10(18)5-11(9)20/h3-6H,2,7-8H2,1H3. The fraction of sp³-hybridized carbons (Fsp3) is 0.235. The van der Waals surface area contributed by atoms with Gasteiger partial charge in [0.1, 0.15) is 17.1 Å². The van der Waals surface area contributed by atoms with Crippen LogP contribution in [-0.2, 0) is 22.6 Å². The summed E-state index contributed by atoms with van der Waals surface area (Å²) in [6.45, 7) is 1.16. The summed E-state index contributed by atoms with van der Waals surface area (Å²) in [4.78, 5) is 37.5. The third-order valence-electron chi connectivity index (χ3n) is 3.81. The Morgan fingerprint density at radius 1 is 1.30 bits per heavy atom. The number of rotatable bonds is 5. The molecule has 3 rings (SSSR count). The Morgan fingerprint density at radius 2 is 2.04 bits per heavy atom. The summed E-state index contributed by atoms with van der Waals surface area (Å²) in [5.41, 5.74) is -0.908. The normalized spacial score (nSPS) is 11.1. The van der Waals surface area contributed by atoms with Gasteiger partial charge in [0, 0.05) is 10.0 Å². The van der Waals surface area contributed by atoms with Gasteiger partial charge in [-0.1, -0.05) is 33.6 Å².